The lowest BCUT2D eigenvalue weighted by Gasteiger charge is -2.30. The zero-order chi connectivity index (χ0) is 17.2. The van der Waals surface area contributed by atoms with Crippen molar-refractivity contribution >= 4 is 23.2 Å². The third-order valence-electron chi connectivity index (χ3n) is 5.05. The minimum absolute atomic E-state index is 0. The fraction of sp³-hybridized carbons (Fsp3) is 0.217. The molecule has 0 saturated heterocycles. The summed E-state index contributed by atoms with van der Waals surface area (Å²) in [5.41, 5.74) is 4.21. The number of halogens is 1. The van der Waals surface area contributed by atoms with Crippen molar-refractivity contribution in [3.05, 3.63) is 89.5 Å². The Hall–Kier alpha value is -1.62. The highest BCUT2D eigenvalue weighted by Gasteiger charge is 2.46. The van der Waals surface area contributed by atoms with Gasteiger partial charge in [-0.05, 0) is 62.6 Å². The lowest BCUT2D eigenvalue weighted by atomic mass is 10.2. The Balaban J connectivity index is 0.00000225. The predicted octanol–water partition coefficient (Wildman–Crippen LogP) is 1.93. The molecule has 0 atom stereocenters. The van der Waals surface area contributed by atoms with Crippen molar-refractivity contribution in [3.8, 4) is 0 Å². The maximum atomic E-state index is 2.36. The SMILES string of the molecule is CC[P+](c1ccccc1C)(c1ccccc1C)c1ccccc1C.[Cl-]. The quantitative estimate of drug-likeness (QED) is 0.617. The largest absolute Gasteiger partial charge is 1.00 e. The maximum absolute atomic E-state index is 2.36. The molecular formula is C23H26ClP. The van der Waals surface area contributed by atoms with Crippen LogP contribution >= 0.6 is 7.26 Å². The van der Waals surface area contributed by atoms with Crippen LogP contribution in [0.15, 0.2) is 72.8 Å². The third-order valence-corrected chi connectivity index (χ3v) is 9.98. The Labute approximate surface area is 159 Å². The topological polar surface area (TPSA) is 0 Å². The summed E-state index contributed by atoms with van der Waals surface area (Å²) in [6.45, 7) is 9.14. The van der Waals surface area contributed by atoms with Crippen LogP contribution in [0.5, 0.6) is 0 Å². The number of rotatable bonds is 4. The van der Waals surface area contributed by atoms with Gasteiger partial charge in [-0.15, -0.1) is 0 Å². The van der Waals surface area contributed by atoms with Crippen LogP contribution in [-0.4, -0.2) is 6.16 Å². The normalized spacial score (nSPS) is 11.0. The number of hydrogen-bond donors (Lipinski definition) is 0. The molecule has 25 heavy (non-hydrogen) atoms. The molecule has 0 fully saturated rings. The van der Waals surface area contributed by atoms with E-state index in [4.69, 9.17) is 0 Å². The first-order chi connectivity index (χ1) is 11.6. The smallest absolute Gasteiger partial charge is 0.112 e. The number of hydrogen-bond acceptors (Lipinski definition) is 0. The van der Waals surface area contributed by atoms with Gasteiger partial charge in [-0.25, -0.2) is 0 Å². The molecule has 0 aromatic heterocycles. The van der Waals surface area contributed by atoms with Gasteiger partial charge in [0.05, 0.1) is 6.16 Å². The molecule has 0 heterocycles. The van der Waals surface area contributed by atoms with E-state index in [1.54, 1.807) is 0 Å². The van der Waals surface area contributed by atoms with E-state index < -0.39 is 7.26 Å². The van der Waals surface area contributed by atoms with Crippen LogP contribution in [-0.2, 0) is 0 Å². The van der Waals surface area contributed by atoms with Crippen molar-refractivity contribution in [2.75, 3.05) is 6.16 Å². The molecule has 2 heteroatoms. The van der Waals surface area contributed by atoms with Gasteiger partial charge >= 0.3 is 0 Å². The summed E-state index contributed by atoms with van der Waals surface area (Å²) in [7, 11) is -1.65. The molecule has 0 amide bonds. The molecule has 0 aliphatic heterocycles. The highest BCUT2D eigenvalue weighted by Crippen LogP contribution is 2.56. The van der Waals surface area contributed by atoms with Crippen LogP contribution in [0.25, 0.3) is 0 Å². The van der Waals surface area contributed by atoms with E-state index in [1.165, 1.54) is 32.6 Å². The van der Waals surface area contributed by atoms with Crippen molar-refractivity contribution in [1.29, 1.82) is 0 Å². The molecule has 130 valence electrons. The molecule has 0 saturated carbocycles. The lowest BCUT2D eigenvalue weighted by molar-refractivity contribution is -0.00000496. The van der Waals surface area contributed by atoms with Gasteiger partial charge in [0.15, 0.2) is 0 Å². The van der Waals surface area contributed by atoms with E-state index in [2.05, 4.69) is 100 Å². The highest BCUT2D eigenvalue weighted by atomic mass is 35.5. The van der Waals surface area contributed by atoms with Crippen LogP contribution in [0.3, 0.4) is 0 Å². The molecule has 0 N–H and O–H groups in total. The van der Waals surface area contributed by atoms with E-state index in [0.717, 1.165) is 6.16 Å². The Morgan fingerprint density at radius 3 is 1.08 bits per heavy atom. The van der Waals surface area contributed by atoms with Gasteiger partial charge in [-0.3, -0.25) is 0 Å². The van der Waals surface area contributed by atoms with Gasteiger partial charge in [0, 0.05) is 0 Å². The van der Waals surface area contributed by atoms with Gasteiger partial charge in [0.25, 0.3) is 0 Å². The molecule has 0 radical (unpaired) electrons. The van der Waals surface area contributed by atoms with Crippen LogP contribution in [0.2, 0.25) is 0 Å². The zero-order valence-electron chi connectivity index (χ0n) is 15.5. The standard InChI is InChI=1S/C23H26P.ClH/c1-5-24(21-15-9-6-12-18(21)2,22-16-10-7-13-19(22)3)23-17-11-8-14-20(23)4;/h6-17H,5H2,1-4H3;1H/q+1;/p-1. The van der Waals surface area contributed by atoms with Crippen LogP contribution in [0, 0.1) is 20.8 Å². The molecule has 0 nitrogen and oxygen atoms in total. The monoisotopic (exact) mass is 368 g/mol. The van der Waals surface area contributed by atoms with E-state index >= 15 is 0 Å². The van der Waals surface area contributed by atoms with Gasteiger partial charge in [0.2, 0.25) is 0 Å². The van der Waals surface area contributed by atoms with Crippen LogP contribution < -0.4 is 28.3 Å². The van der Waals surface area contributed by atoms with Crippen molar-refractivity contribution in [1.82, 2.24) is 0 Å². The summed E-state index contributed by atoms with van der Waals surface area (Å²) >= 11 is 0. The summed E-state index contributed by atoms with van der Waals surface area (Å²) in [6.07, 6.45) is 1.15. The second-order valence-electron chi connectivity index (χ2n) is 6.49. The molecule has 3 aromatic carbocycles. The van der Waals surface area contributed by atoms with Gasteiger partial charge in [-0.1, -0.05) is 54.6 Å². The van der Waals surface area contributed by atoms with Gasteiger partial charge < -0.3 is 12.4 Å². The number of aryl methyl sites for hydroxylation is 3. The summed E-state index contributed by atoms with van der Waals surface area (Å²) in [5.74, 6) is 0. The highest BCUT2D eigenvalue weighted by molar-refractivity contribution is 7.95. The first-order valence-electron chi connectivity index (χ1n) is 8.68. The predicted molar refractivity (Wildman–Crippen MR) is 110 cm³/mol. The first-order valence-corrected chi connectivity index (χ1v) is 10.7. The fourth-order valence-electron chi connectivity index (χ4n) is 3.88. The maximum Gasteiger partial charge on any atom is 0.112 e. The van der Waals surface area contributed by atoms with Crippen molar-refractivity contribution < 1.29 is 12.4 Å². The summed E-state index contributed by atoms with van der Waals surface area (Å²) in [5, 5.41) is 4.57. The molecule has 3 aromatic rings. The van der Waals surface area contributed by atoms with Gasteiger partial charge in [0.1, 0.15) is 23.2 Å². The lowest BCUT2D eigenvalue weighted by Crippen LogP contribution is -3.00. The third kappa shape index (κ3) is 3.39. The zero-order valence-corrected chi connectivity index (χ0v) is 17.1. The average molecular weight is 369 g/mol. The minimum atomic E-state index is -1.65. The number of benzene rings is 3. The molecule has 3 rings (SSSR count). The van der Waals surface area contributed by atoms with Crippen LogP contribution in [0.4, 0.5) is 0 Å². The molecule has 0 aliphatic carbocycles. The Kier molecular flexibility index (Phi) is 6.44. The van der Waals surface area contributed by atoms with Crippen molar-refractivity contribution in [3.63, 3.8) is 0 Å². The van der Waals surface area contributed by atoms with E-state index in [9.17, 15) is 0 Å². The molecular weight excluding hydrogens is 343 g/mol. The Morgan fingerprint density at radius 1 is 0.560 bits per heavy atom. The Morgan fingerprint density at radius 2 is 0.840 bits per heavy atom. The van der Waals surface area contributed by atoms with E-state index in [1.807, 2.05) is 0 Å². The van der Waals surface area contributed by atoms with Gasteiger partial charge in [-0.2, -0.15) is 0 Å². The molecule has 0 aliphatic rings. The summed E-state index contributed by atoms with van der Waals surface area (Å²) in [6, 6.07) is 26.9. The van der Waals surface area contributed by atoms with Crippen molar-refractivity contribution in [2.45, 2.75) is 27.7 Å². The second kappa shape index (κ2) is 8.17. The van der Waals surface area contributed by atoms with Crippen molar-refractivity contribution in [2.24, 2.45) is 0 Å². The first kappa shape index (κ1) is 19.7. The molecule has 0 bridgehead atoms. The Bertz CT molecular complexity index is 743. The molecule has 0 spiro atoms. The summed E-state index contributed by atoms with van der Waals surface area (Å²) < 4.78 is 0. The van der Waals surface area contributed by atoms with Crippen LogP contribution in [0.1, 0.15) is 23.6 Å². The van der Waals surface area contributed by atoms with E-state index in [0.29, 0.717) is 0 Å². The second-order valence-corrected chi connectivity index (χ2v) is 10.2. The fourth-order valence-corrected chi connectivity index (χ4v) is 8.73. The molecule has 0 unspecified atom stereocenters. The average Bonchev–Trinajstić information content (AvgIpc) is 2.60. The minimum Gasteiger partial charge on any atom is -1.00 e. The summed E-state index contributed by atoms with van der Waals surface area (Å²) in [4.78, 5) is 0. The van der Waals surface area contributed by atoms with E-state index in [-0.39, 0.29) is 12.4 Å².